The summed E-state index contributed by atoms with van der Waals surface area (Å²) in [6.07, 6.45) is 4.87. The molecule has 2 aliphatic rings. The van der Waals surface area contributed by atoms with Crippen molar-refractivity contribution in [3.63, 3.8) is 0 Å². The van der Waals surface area contributed by atoms with E-state index in [1.807, 2.05) is 11.9 Å². The number of carbonyl (C=O) groups is 2. The van der Waals surface area contributed by atoms with Gasteiger partial charge in [-0.2, -0.15) is 0 Å². The number of hydrogen-bond donors (Lipinski definition) is 1. The third-order valence-corrected chi connectivity index (χ3v) is 4.11. The number of rotatable bonds is 4. The maximum atomic E-state index is 12.3. The zero-order chi connectivity index (χ0) is 13.7. The summed E-state index contributed by atoms with van der Waals surface area (Å²) in [7, 11) is 1.95. The predicted molar refractivity (Wildman–Crippen MR) is 80.9 cm³/mol. The van der Waals surface area contributed by atoms with Gasteiger partial charge in [0.1, 0.15) is 0 Å². The first-order valence-corrected chi connectivity index (χ1v) is 7.41. The standard InChI is InChI=1S/C14H25N3O2.ClH/c1-15-9-12-5-4-8-16(10-12)14(19)11-17-7-3-2-6-13(17)18;/h12,15H,2-11H2,1H3;1H. The van der Waals surface area contributed by atoms with E-state index >= 15 is 0 Å². The Bertz CT molecular complexity index is 336. The number of nitrogens with one attached hydrogen (secondary N) is 1. The van der Waals surface area contributed by atoms with Crippen molar-refractivity contribution in [1.29, 1.82) is 0 Å². The average molecular weight is 304 g/mol. The van der Waals surface area contributed by atoms with Crippen LogP contribution in [0, 0.1) is 5.92 Å². The quantitative estimate of drug-likeness (QED) is 0.839. The van der Waals surface area contributed by atoms with Gasteiger partial charge in [-0.05, 0) is 45.2 Å². The first kappa shape index (κ1) is 17.2. The van der Waals surface area contributed by atoms with Crippen LogP contribution in [0.4, 0.5) is 0 Å². The lowest BCUT2D eigenvalue weighted by Crippen LogP contribution is -2.48. The molecule has 5 nitrogen and oxygen atoms in total. The van der Waals surface area contributed by atoms with Gasteiger partial charge in [-0.3, -0.25) is 9.59 Å². The monoisotopic (exact) mass is 303 g/mol. The second-order valence-corrected chi connectivity index (χ2v) is 5.68. The van der Waals surface area contributed by atoms with Crippen LogP contribution in [-0.4, -0.2) is 61.4 Å². The van der Waals surface area contributed by atoms with E-state index in [4.69, 9.17) is 0 Å². The first-order valence-electron chi connectivity index (χ1n) is 7.41. The van der Waals surface area contributed by atoms with Gasteiger partial charge in [0.15, 0.2) is 0 Å². The van der Waals surface area contributed by atoms with Gasteiger partial charge in [0.05, 0.1) is 6.54 Å². The van der Waals surface area contributed by atoms with E-state index in [0.29, 0.717) is 12.3 Å². The van der Waals surface area contributed by atoms with Crippen molar-refractivity contribution in [2.24, 2.45) is 5.92 Å². The van der Waals surface area contributed by atoms with Gasteiger partial charge in [0, 0.05) is 26.1 Å². The van der Waals surface area contributed by atoms with Gasteiger partial charge < -0.3 is 15.1 Å². The summed E-state index contributed by atoms with van der Waals surface area (Å²) in [5.74, 6) is 0.819. The minimum absolute atomic E-state index is 0. The van der Waals surface area contributed by atoms with Crippen molar-refractivity contribution < 1.29 is 9.59 Å². The number of nitrogens with zero attached hydrogens (tertiary/aromatic N) is 2. The lowest BCUT2D eigenvalue weighted by Gasteiger charge is -2.35. The summed E-state index contributed by atoms with van der Waals surface area (Å²) < 4.78 is 0. The van der Waals surface area contributed by atoms with Crippen molar-refractivity contribution in [1.82, 2.24) is 15.1 Å². The molecule has 0 aliphatic carbocycles. The molecule has 2 rings (SSSR count). The van der Waals surface area contributed by atoms with Gasteiger partial charge in [-0.1, -0.05) is 0 Å². The summed E-state index contributed by atoms with van der Waals surface area (Å²) in [5.41, 5.74) is 0. The molecule has 2 aliphatic heterocycles. The second-order valence-electron chi connectivity index (χ2n) is 5.68. The summed E-state index contributed by atoms with van der Waals surface area (Å²) in [4.78, 5) is 27.7. The Kier molecular flexibility index (Phi) is 7.30. The SMILES string of the molecule is CNCC1CCCN(C(=O)CN2CCCCC2=O)C1.Cl. The number of piperidine rings is 2. The first-order chi connectivity index (χ1) is 9.20. The van der Waals surface area contributed by atoms with Crippen LogP contribution in [0.5, 0.6) is 0 Å². The Labute approximate surface area is 127 Å². The molecule has 1 atom stereocenters. The zero-order valence-corrected chi connectivity index (χ0v) is 13.1. The fraction of sp³-hybridized carbons (Fsp3) is 0.857. The summed E-state index contributed by atoms with van der Waals surface area (Å²) in [6.45, 7) is 3.68. The van der Waals surface area contributed by atoms with Crippen LogP contribution in [0.15, 0.2) is 0 Å². The van der Waals surface area contributed by atoms with Crippen molar-refractivity contribution in [3.05, 3.63) is 0 Å². The Hall–Kier alpha value is -0.810. The lowest BCUT2D eigenvalue weighted by molar-refractivity contribution is -0.142. The van der Waals surface area contributed by atoms with Gasteiger partial charge in [0.25, 0.3) is 0 Å². The molecule has 6 heteroatoms. The minimum Gasteiger partial charge on any atom is -0.341 e. The Morgan fingerprint density at radius 1 is 1.30 bits per heavy atom. The van der Waals surface area contributed by atoms with E-state index in [-0.39, 0.29) is 30.8 Å². The molecule has 0 bridgehead atoms. The van der Waals surface area contributed by atoms with Crippen LogP contribution in [-0.2, 0) is 9.59 Å². The van der Waals surface area contributed by atoms with Gasteiger partial charge in [-0.15, -0.1) is 12.4 Å². The smallest absolute Gasteiger partial charge is 0.242 e. The molecule has 2 heterocycles. The highest BCUT2D eigenvalue weighted by atomic mass is 35.5. The number of hydrogen-bond acceptors (Lipinski definition) is 3. The maximum Gasteiger partial charge on any atom is 0.242 e. The molecular weight excluding hydrogens is 278 g/mol. The van der Waals surface area contributed by atoms with Crippen LogP contribution in [0.25, 0.3) is 0 Å². The van der Waals surface area contributed by atoms with Crippen LogP contribution in [0.3, 0.4) is 0 Å². The third-order valence-electron chi connectivity index (χ3n) is 4.11. The molecule has 0 radical (unpaired) electrons. The van der Waals surface area contributed by atoms with Gasteiger partial charge in [0.2, 0.25) is 11.8 Å². The van der Waals surface area contributed by atoms with Crippen LogP contribution in [0.1, 0.15) is 32.1 Å². The van der Waals surface area contributed by atoms with Crippen molar-refractivity contribution in [2.45, 2.75) is 32.1 Å². The van der Waals surface area contributed by atoms with E-state index in [2.05, 4.69) is 5.32 Å². The predicted octanol–water partition coefficient (Wildman–Crippen LogP) is 0.879. The fourth-order valence-electron chi connectivity index (χ4n) is 3.04. The van der Waals surface area contributed by atoms with Gasteiger partial charge >= 0.3 is 0 Å². The molecule has 0 saturated carbocycles. The minimum atomic E-state index is 0. The Balaban J connectivity index is 0.00000200. The van der Waals surface area contributed by atoms with Gasteiger partial charge in [-0.25, -0.2) is 0 Å². The molecule has 0 aromatic rings. The highest BCUT2D eigenvalue weighted by molar-refractivity contribution is 5.85. The largest absolute Gasteiger partial charge is 0.341 e. The number of likely N-dealkylation sites (tertiary alicyclic amines) is 2. The highest BCUT2D eigenvalue weighted by Crippen LogP contribution is 2.17. The summed E-state index contributed by atoms with van der Waals surface area (Å²) in [5, 5.41) is 3.18. The number of halogens is 1. The number of amides is 2. The van der Waals surface area contributed by atoms with Crippen molar-refractivity contribution >= 4 is 24.2 Å². The fourth-order valence-corrected chi connectivity index (χ4v) is 3.04. The van der Waals surface area contributed by atoms with E-state index < -0.39 is 0 Å². The zero-order valence-electron chi connectivity index (χ0n) is 12.3. The molecule has 2 saturated heterocycles. The number of carbonyl (C=O) groups excluding carboxylic acids is 2. The van der Waals surface area contributed by atoms with E-state index in [1.165, 1.54) is 6.42 Å². The summed E-state index contributed by atoms with van der Waals surface area (Å²) >= 11 is 0. The second kappa shape index (κ2) is 8.47. The Morgan fingerprint density at radius 3 is 2.80 bits per heavy atom. The topological polar surface area (TPSA) is 52.7 Å². The third kappa shape index (κ3) is 4.63. The average Bonchev–Trinajstić information content (AvgIpc) is 2.42. The van der Waals surface area contributed by atoms with E-state index in [1.54, 1.807) is 4.90 Å². The molecule has 2 amide bonds. The summed E-state index contributed by atoms with van der Waals surface area (Å²) in [6, 6.07) is 0. The normalized spacial score (nSPS) is 23.4. The molecule has 116 valence electrons. The molecule has 20 heavy (non-hydrogen) atoms. The molecule has 0 spiro atoms. The highest BCUT2D eigenvalue weighted by Gasteiger charge is 2.26. The van der Waals surface area contributed by atoms with E-state index in [0.717, 1.165) is 45.4 Å². The lowest BCUT2D eigenvalue weighted by atomic mass is 9.98. The van der Waals surface area contributed by atoms with Crippen LogP contribution in [0.2, 0.25) is 0 Å². The maximum absolute atomic E-state index is 12.3. The molecule has 1 N–H and O–H groups in total. The molecular formula is C14H26ClN3O2. The van der Waals surface area contributed by atoms with Crippen LogP contribution >= 0.6 is 12.4 Å². The Morgan fingerprint density at radius 2 is 2.10 bits per heavy atom. The van der Waals surface area contributed by atoms with E-state index in [9.17, 15) is 9.59 Å². The molecule has 1 unspecified atom stereocenters. The van der Waals surface area contributed by atoms with Crippen molar-refractivity contribution in [3.8, 4) is 0 Å². The molecule has 0 aromatic carbocycles. The van der Waals surface area contributed by atoms with Crippen molar-refractivity contribution in [2.75, 3.05) is 39.8 Å². The molecule has 2 fully saturated rings. The van der Waals surface area contributed by atoms with Crippen LogP contribution < -0.4 is 5.32 Å². The molecule has 0 aromatic heterocycles.